The van der Waals surface area contributed by atoms with Crippen molar-refractivity contribution in [3.05, 3.63) is 0 Å². The lowest BCUT2D eigenvalue weighted by atomic mass is 10.2. The van der Waals surface area contributed by atoms with Gasteiger partial charge in [-0.3, -0.25) is 9.59 Å². The van der Waals surface area contributed by atoms with E-state index in [0.29, 0.717) is 18.9 Å². The lowest BCUT2D eigenvalue weighted by Crippen LogP contribution is -2.39. The summed E-state index contributed by atoms with van der Waals surface area (Å²) in [4.78, 5) is 22.9. The second-order valence-electron chi connectivity index (χ2n) is 4.72. The number of hydrogen-bond acceptors (Lipinski definition) is 3. The van der Waals surface area contributed by atoms with Crippen LogP contribution in [0.2, 0.25) is 0 Å². The first-order valence-corrected chi connectivity index (χ1v) is 6.26. The molecule has 1 aliphatic carbocycles. The van der Waals surface area contributed by atoms with Crippen LogP contribution in [0.1, 0.15) is 33.1 Å². The SMILES string of the molecule is CC[C@@H](CO)NC(=O)CCNC(=O)C1CC1C. The molecule has 1 aliphatic rings. The van der Waals surface area contributed by atoms with E-state index in [4.69, 9.17) is 5.11 Å². The number of aliphatic hydroxyl groups excluding tert-OH is 1. The fourth-order valence-corrected chi connectivity index (χ4v) is 1.69. The van der Waals surface area contributed by atoms with Crippen LogP contribution in [0, 0.1) is 11.8 Å². The van der Waals surface area contributed by atoms with Gasteiger partial charge in [-0.15, -0.1) is 0 Å². The molecule has 5 heteroatoms. The molecular formula is C12H22N2O3. The zero-order chi connectivity index (χ0) is 12.8. The zero-order valence-electron chi connectivity index (χ0n) is 10.5. The summed E-state index contributed by atoms with van der Waals surface area (Å²) in [6.07, 6.45) is 1.93. The van der Waals surface area contributed by atoms with E-state index in [-0.39, 0.29) is 36.8 Å². The zero-order valence-corrected chi connectivity index (χ0v) is 10.5. The average Bonchev–Trinajstić information content (AvgIpc) is 3.03. The lowest BCUT2D eigenvalue weighted by Gasteiger charge is -2.13. The van der Waals surface area contributed by atoms with Gasteiger partial charge in [-0.2, -0.15) is 0 Å². The molecule has 0 radical (unpaired) electrons. The van der Waals surface area contributed by atoms with Gasteiger partial charge in [-0.05, 0) is 18.8 Å². The largest absolute Gasteiger partial charge is 0.394 e. The van der Waals surface area contributed by atoms with Gasteiger partial charge in [0.05, 0.1) is 12.6 Å². The van der Waals surface area contributed by atoms with Crippen molar-refractivity contribution in [2.45, 2.75) is 39.2 Å². The number of carbonyl (C=O) groups is 2. The highest BCUT2D eigenvalue weighted by molar-refractivity contribution is 5.82. The van der Waals surface area contributed by atoms with Crippen molar-refractivity contribution in [3.8, 4) is 0 Å². The van der Waals surface area contributed by atoms with E-state index >= 15 is 0 Å². The molecular weight excluding hydrogens is 220 g/mol. The number of amides is 2. The van der Waals surface area contributed by atoms with Crippen LogP contribution in [-0.2, 0) is 9.59 Å². The molecule has 1 rings (SSSR count). The van der Waals surface area contributed by atoms with Crippen LogP contribution in [0.15, 0.2) is 0 Å². The Labute approximate surface area is 102 Å². The molecule has 0 heterocycles. The standard InChI is InChI=1S/C12H22N2O3/c1-3-9(7-15)14-11(16)4-5-13-12(17)10-6-8(10)2/h8-10,15H,3-7H2,1-2H3,(H,13,17)(H,14,16)/t8?,9-,10?/m0/s1. The molecule has 17 heavy (non-hydrogen) atoms. The summed E-state index contributed by atoms with van der Waals surface area (Å²) in [7, 11) is 0. The van der Waals surface area contributed by atoms with Crippen LogP contribution in [-0.4, -0.2) is 36.1 Å². The van der Waals surface area contributed by atoms with E-state index in [1.165, 1.54) is 0 Å². The third-order valence-corrected chi connectivity index (χ3v) is 3.18. The maximum absolute atomic E-state index is 11.4. The van der Waals surface area contributed by atoms with Gasteiger partial charge >= 0.3 is 0 Å². The topological polar surface area (TPSA) is 78.4 Å². The fourth-order valence-electron chi connectivity index (χ4n) is 1.69. The van der Waals surface area contributed by atoms with Crippen LogP contribution in [0.3, 0.4) is 0 Å². The Balaban J connectivity index is 2.09. The Hall–Kier alpha value is -1.10. The maximum atomic E-state index is 11.4. The number of aliphatic hydroxyl groups is 1. The Kier molecular flexibility index (Phi) is 5.41. The molecule has 0 saturated heterocycles. The minimum Gasteiger partial charge on any atom is -0.394 e. The maximum Gasteiger partial charge on any atom is 0.223 e. The summed E-state index contributed by atoms with van der Waals surface area (Å²) >= 11 is 0. The smallest absolute Gasteiger partial charge is 0.223 e. The number of carbonyl (C=O) groups excluding carboxylic acids is 2. The molecule has 0 aromatic heterocycles. The normalized spacial score (nSPS) is 23.9. The lowest BCUT2D eigenvalue weighted by molar-refractivity contribution is -0.123. The van der Waals surface area contributed by atoms with Crippen LogP contribution in [0.4, 0.5) is 0 Å². The van der Waals surface area contributed by atoms with Crippen LogP contribution >= 0.6 is 0 Å². The van der Waals surface area contributed by atoms with Crippen molar-refractivity contribution in [1.82, 2.24) is 10.6 Å². The molecule has 1 fully saturated rings. The summed E-state index contributed by atoms with van der Waals surface area (Å²) in [5, 5.41) is 14.4. The molecule has 1 saturated carbocycles. The van der Waals surface area contributed by atoms with E-state index in [0.717, 1.165) is 6.42 Å². The fraction of sp³-hybridized carbons (Fsp3) is 0.833. The Bertz CT molecular complexity index is 277. The number of nitrogens with one attached hydrogen (secondary N) is 2. The van der Waals surface area contributed by atoms with E-state index in [9.17, 15) is 9.59 Å². The summed E-state index contributed by atoms with van der Waals surface area (Å²) < 4.78 is 0. The predicted octanol–water partition coefficient (Wildman–Crippen LogP) is 0.0358. The van der Waals surface area contributed by atoms with Gasteiger partial charge in [0.1, 0.15) is 0 Å². The molecule has 98 valence electrons. The molecule has 3 N–H and O–H groups in total. The van der Waals surface area contributed by atoms with Crippen molar-refractivity contribution in [3.63, 3.8) is 0 Å². The molecule has 3 atom stereocenters. The van der Waals surface area contributed by atoms with Crippen molar-refractivity contribution in [2.75, 3.05) is 13.2 Å². The van der Waals surface area contributed by atoms with Gasteiger partial charge in [0, 0.05) is 18.9 Å². The van der Waals surface area contributed by atoms with E-state index in [1.54, 1.807) is 0 Å². The van der Waals surface area contributed by atoms with Gasteiger partial charge < -0.3 is 15.7 Å². The highest BCUT2D eigenvalue weighted by Gasteiger charge is 2.38. The van der Waals surface area contributed by atoms with Gasteiger partial charge in [-0.25, -0.2) is 0 Å². The Morgan fingerprint density at radius 3 is 2.59 bits per heavy atom. The van der Waals surface area contributed by atoms with Crippen molar-refractivity contribution in [2.24, 2.45) is 11.8 Å². The third kappa shape index (κ3) is 4.73. The van der Waals surface area contributed by atoms with Crippen LogP contribution < -0.4 is 10.6 Å². The summed E-state index contributed by atoms with van der Waals surface area (Å²) in [5.41, 5.74) is 0. The second kappa shape index (κ2) is 6.59. The van der Waals surface area contributed by atoms with Crippen molar-refractivity contribution in [1.29, 1.82) is 0 Å². The van der Waals surface area contributed by atoms with Gasteiger partial charge in [-0.1, -0.05) is 13.8 Å². The summed E-state index contributed by atoms with van der Waals surface area (Å²) in [5.74, 6) is 0.566. The van der Waals surface area contributed by atoms with E-state index in [2.05, 4.69) is 10.6 Å². The summed E-state index contributed by atoms with van der Waals surface area (Å²) in [6, 6.07) is -0.179. The number of rotatable bonds is 7. The second-order valence-corrected chi connectivity index (χ2v) is 4.72. The molecule has 2 amide bonds. The summed E-state index contributed by atoms with van der Waals surface area (Å²) in [6.45, 7) is 4.27. The monoisotopic (exact) mass is 242 g/mol. The minimum absolute atomic E-state index is 0.0474. The predicted molar refractivity (Wildman–Crippen MR) is 64.2 cm³/mol. The van der Waals surface area contributed by atoms with Crippen LogP contribution in [0.25, 0.3) is 0 Å². The molecule has 5 nitrogen and oxygen atoms in total. The molecule has 2 unspecified atom stereocenters. The average molecular weight is 242 g/mol. The first kappa shape index (κ1) is 14.0. The minimum atomic E-state index is -0.179. The quantitative estimate of drug-likeness (QED) is 0.589. The Morgan fingerprint density at radius 1 is 1.47 bits per heavy atom. The molecule has 0 aromatic carbocycles. The first-order chi connectivity index (χ1) is 8.08. The van der Waals surface area contributed by atoms with Gasteiger partial charge in [0.15, 0.2) is 0 Å². The van der Waals surface area contributed by atoms with E-state index in [1.807, 2.05) is 13.8 Å². The Morgan fingerprint density at radius 2 is 2.12 bits per heavy atom. The molecule has 0 bridgehead atoms. The van der Waals surface area contributed by atoms with Crippen molar-refractivity contribution >= 4 is 11.8 Å². The first-order valence-electron chi connectivity index (χ1n) is 6.26. The molecule has 0 aliphatic heterocycles. The molecule has 0 aromatic rings. The third-order valence-electron chi connectivity index (χ3n) is 3.18. The van der Waals surface area contributed by atoms with Crippen LogP contribution in [0.5, 0.6) is 0 Å². The van der Waals surface area contributed by atoms with Crippen molar-refractivity contribution < 1.29 is 14.7 Å². The molecule has 0 spiro atoms. The van der Waals surface area contributed by atoms with E-state index < -0.39 is 0 Å². The number of hydrogen-bond donors (Lipinski definition) is 3. The van der Waals surface area contributed by atoms with Gasteiger partial charge in [0.2, 0.25) is 11.8 Å². The highest BCUT2D eigenvalue weighted by Crippen LogP contribution is 2.37. The highest BCUT2D eigenvalue weighted by atomic mass is 16.3. The van der Waals surface area contributed by atoms with Gasteiger partial charge in [0.25, 0.3) is 0 Å².